The molecule has 0 unspecified atom stereocenters. The molecule has 0 radical (unpaired) electrons. The first-order chi connectivity index (χ1) is 14.2. The minimum Gasteiger partial charge on any atom is -0.333 e. The number of carbonyl (C=O) groups is 1. The van der Waals surface area contributed by atoms with Gasteiger partial charge in [0, 0.05) is 18.6 Å². The zero-order valence-electron chi connectivity index (χ0n) is 17.2. The van der Waals surface area contributed by atoms with Crippen LogP contribution in [0.3, 0.4) is 0 Å². The van der Waals surface area contributed by atoms with Crippen molar-refractivity contribution >= 4 is 5.91 Å². The highest BCUT2D eigenvalue weighted by molar-refractivity contribution is 5.78. The predicted molar refractivity (Wildman–Crippen MR) is 116 cm³/mol. The van der Waals surface area contributed by atoms with E-state index in [0.29, 0.717) is 19.6 Å². The molecule has 4 aliphatic rings. The van der Waals surface area contributed by atoms with Gasteiger partial charge in [-0.1, -0.05) is 60.7 Å². The summed E-state index contributed by atoms with van der Waals surface area (Å²) in [5, 5.41) is 3.79. The molecule has 4 saturated carbocycles. The van der Waals surface area contributed by atoms with Crippen LogP contribution in [-0.2, 0) is 17.9 Å². The van der Waals surface area contributed by atoms with Crippen molar-refractivity contribution in [3.63, 3.8) is 0 Å². The van der Waals surface area contributed by atoms with Gasteiger partial charge in [-0.05, 0) is 67.4 Å². The molecule has 1 amide bonds. The molecule has 4 bridgehead atoms. The second-order valence-electron chi connectivity index (χ2n) is 9.77. The zero-order chi connectivity index (χ0) is 19.7. The Morgan fingerprint density at radius 2 is 1.24 bits per heavy atom. The van der Waals surface area contributed by atoms with Gasteiger partial charge in [0.25, 0.3) is 0 Å². The van der Waals surface area contributed by atoms with Crippen LogP contribution in [0.1, 0.15) is 49.7 Å². The van der Waals surface area contributed by atoms with Gasteiger partial charge in [0.05, 0.1) is 6.54 Å². The number of nitrogens with one attached hydrogen (secondary N) is 1. The summed E-state index contributed by atoms with van der Waals surface area (Å²) in [6, 6.07) is 20.7. The Morgan fingerprint density at radius 3 is 1.69 bits per heavy atom. The highest BCUT2D eigenvalue weighted by Crippen LogP contribution is 2.55. The van der Waals surface area contributed by atoms with E-state index >= 15 is 0 Å². The molecule has 6 rings (SSSR count). The van der Waals surface area contributed by atoms with Gasteiger partial charge < -0.3 is 10.2 Å². The summed E-state index contributed by atoms with van der Waals surface area (Å²) in [4.78, 5) is 15.3. The van der Waals surface area contributed by atoms with Gasteiger partial charge in [-0.15, -0.1) is 0 Å². The Morgan fingerprint density at radius 1 is 0.793 bits per heavy atom. The van der Waals surface area contributed by atoms with Crippen molar-refractivity contribution in [3.8, 4) is 0 Å². The van der Waals surface area contributed by atoms with Gasteiger partial charge in [0.1, 0.15) is 0 Å². The normalized spacial score (nSPS) is 29.7. The maximum atomic E-state index is 13.3. The van der Waals surface area contributed by atoms with Crippen LogP contribution < -0.4 is 5.32 Å². The number of rotatable bonds is 7. The summed E-state index contributed by atoms with van der Waals surface area (Å²) in [6.45, 7) is 1.79. The number of benzene rings is 2. The summed E-state index contributed by atoms with van der Waals surface area (Å²) >= 11 is 0. The highest BCUT2D eigenvalue weighted by atomic mass is 16.2. The van der Waals surface area contributed by atoms with E-state index in [1.54, 1.807) is 0 Å². The second-order valence-corrected chi connectivity index (χ2v) is 9.77. The molecule has 3 nitrogen and oxygen atoms in total. The van der Waals surface area contributed by atoms with Crippen LogP contribution in [0.5, 0.6) is 0 Å². The summed E-state index contributed by atoms with van der Waals surface area (Å²) in [5.41, 5.74) is 2.61. The lowest BCUT2D eigenvalue weighted by Crippen LogP contribution is -2.59. The average molecular weight is 389 g/mol. The molecule has 0 aromatic heterocycles. The van der Waals surface area contributed by atoms with E-state index in [0.717, 1.165) is 17.8 Å². The predicted octanol–water partition coefficient (Wildman–Crippen LogP) is 4.77. The number of hydrogen-bond acceptors (Lipinski definition) is 2. The molecular formula is C26H32N2O. The van der Waals surface area contributed by atoms with E-state index < -0.39 is 0 Å². The Kier molecular flexibility index (Phi) is 5.17. The van der Waals surface area contributed by atoms with Crippen LogP contribution in [0.15, 0.2) is 60.7 Å². The van der Waals surface area contributed by atoms with Gasteiger partial charge in [0.15, 0.2) is 0 Å². The third kappa shape index (κ3) is 4.25. The van der Waals surface area contributed by atoms with Crippen molar-refractivity contribution in [2.24, 2.45) is 17.8 Å². The summed E-state index contributed by atoms with van der Waals surface area (Å²) < 4.78 is 0. The molecule has 0 saturated heterocycles. The molecular weight excluding hydrogens is 356 g/mol. The molecule has 0 spiro atoms. The SMILES string of the molecule is O=C(CNC12CC3CC(CC(C3)C1)C2)N(Cc1ccccc1)Cc1ccccc1. The van der Waals surface area contributed by atoms with Crippen molar-refractivity contribution in [3.05, 3.63) is 71.8 Å². The van der Waals surface area contributed by atoms with Crippen LogP contribution in [-0.4, -0.2) is 22.9 Å². The molecule has 0 aliphatic heterocycles. The van der Waals surface area contributed by atoms with Crippen molar-refractivity contribution in [1.82, 2.24) is 10.2 Å². The van der Waals surface area contributed by atoms with Gasteiger partial charge in [-0.25, -0.2) is 0 Å². The number of carbonyl (C=O) groups excluding carboxylic acids is 1. The molecule has 4 fully saturated rings. The summed E-state index contributed by atoms with van der Waals surface area (Å²) in [6.07, 6.45) is 8.14. The third-order valence-corrected chi connectivity index (χ3v) is 7.44. The van der Waals surface area contributed by atoms with Crippen LogP contribution in [0.4, 0.5) is 0 Å². The van der Waals surface area contributed by atoms with E-state index in [1.807, 2.05) is 41.3 Å². The summed E-state index contributed by atoms with van der Waals surface area (Å²) in [7, 11) is 0. The number of amides is 1. The van der Waals surface area contributed by atoms with Gasteiger partial charge in [0.2, 0.25) is 5.91 Å². The van der Waals surface area contributed by atoms with E-state index in [2.05, 4.69) is 29.6 Å². The fraction of sp³-hybridized carbons (Fsp3) is 0.500. The fourth-order valence-electron chi connectivity index (χ4n) is 6.54. The minimum absolute atomic E-state index is 0.216. The Labute approximate surface area is 174 Å². The highest BCUT2D eigenvalue weighted by Gasteiger charge is 2.50. The van der Waals surface area contributed by atoms with E-state index in [1.165, 1.54) is 49.7 Å². The van der Waals surface area contributed by atoms with Crippen molar-refractivity contribution in [2.45, 2.75) is 57.2 Å². The van der Waals surface area contributed by atoms with Gasteiger partial charge in [-0.3, -0.25) is 4.79 Å². The van der Waals surface area contributed by atoms with Crippen LogP contribution in [0.2, 0.25) is 0 Å². The summed E-state index contributed by atoms with van der Waals surface area (Å²) in [5.74, 6) is 2.91. The molecule has 4 aliphatic carbocycles. The number of hydrogen-bond donors (Lipinski definition) is 1. The lowest BCUT2D eigenvalue weighted by molar-refractivity contribution is -0.132. The maximum absolute atomic E-state index is 13.3. The molecule has 0 atom stereocenters. The molecule has 29 heavy (non-hydrogen) atoms. The lowest BCUT2D eigenvalue weighted by atomic mass is 9.53. The quantitative estimate of drug-likeness (QED) is 0.741. The first-order valence-corrected chi connectivity index (χ1v) is 11.3. The standard InChI is InChI=1S/C26H32N2O/c29-25(17-27-26-14-22-11-23(15-26)13-24(12-22)16-26)28(18-20-7-3-1-4-8-20)19-21-9-5-2-6-10-21/h1-10,22-24,27H,11-19H2. The molecule has 2 aromatic rings. The van der Waals surface area contributed by atoms with Crippen molar-refractivity contribution < 1.29 is 4.79 Å². The van der Waals surface area contributed by atoms with Crippen LogP contribution in [0, 0.1) is 17.8 Å². The van der Waals surface area contributed by atoms with E-state index in [9.17, 15) is 4.79 Å². The van der Waals surface area contributed by atoms with Crippen LogP contribution >= 0.6 is 0 Å². The van der Waals surface area contributed by atoms with Crippen molar-refractivity contribution in [2.75, 3.05) is 6.54 Å². The first kappa shape index (κ1) is 18.9. The second kappa shape index (κ2) is 7.95. The topological polar surface area (TPSA) is 32.3 Å². The average Bonchev–Trinajstić information content (AvgIpc) is 2.72. The molecule has 3 heteroatoms. The molecule has 152 valence electrons. The van der Waals surface area contributed by atoms with E-state index in [4.69, 9.17) is 0 Å². The minimum atomic E-state index is 0.216. The third-order valence-electron chi connectivity index (χ3n) is 7.44. The van der Waals surface area contributed by atoms with Gasteiger partial charge >= 0.3 is 0 Å². The zero-order valence-corrected chi connectivity index (χ0v) is 17.2. The maximum Gasteiger partial charge on any atom is 0.237 e. The van der Waals surface area contributed by atoms with Crippen LogP contribution in [0.25, 0.3) is 0 Å². The molecule has 2 aromatic carbocycles. The Balaban J connectivity index is 1.27. The smallest absolute Gasteiger partial charge is 0.237 e. The number of nitrogens with zero attached hydrogens (tertiary/aromatic N) is 1. The molecule has 1 N–H and O–H groups in total. The van der Waals surface area contributed by atoms with Gasteiger partial charge in [-0.2, -0.15) is 0 Å². The Hall–Kier alpha value is -2.13. The van der Waals surface area contributed by atoms with Crippen molar-refractivity contribution in [1.29, 1.82) is 0 Å². The van der Waals surface area contributed by atoms with E-state index in [-0.39, 0.29) is 11.4 Å². The fourth-order valence-corrected chi connectivity index (χ4v) is 6.54. The Bertz CT molecular complexity index is 756. The monoisotopic (exact) mass is 388 g/mol. The lowest BCUT2D eigenvalue weighted by Gasteiger charge is -2.57. The molecule has 0 heterocycles. The first-order valence-electron chi connectivity index (χ1n) is 11.3. The largest absolute Gasteiger partial charge is 0.333 e.